The summed E-state index contributed by atoms with van der Waals surface area (Å²) in [5, 5.41) is 7.98. The molecule has 3 heterocycles. The fourth-order valence-electron chi connectivity index (χ4n) is 3.48. The van der Waals surface area contributed by atoms with Gasteiger partial charge in [0.15, 0.2) is 0 Å². The standard InChI is InChI=1S/C14H24N4/c1-2-7-18-13(5-6-16-18)11-17-8-3-4-12-9-15-10-14(12)17/h5-6,12,14-15H,2-4,7-11H2,1H3. The maximum Gasteiger partial charge on any atom is 0.0524 e. The molecule has 18 heavy (non-hydrogen) atoms. The van der Waals surface area contributed by atoms with E-state index in [4.69, 9.17) is 0 Å². The van der Waals surface area contributed by atoms with Crippen molar-refractivity contribution in [3.63, 3.8) is 0 Å². The lowest BCUT2D eigenvalue weighted by Crippen LogP contribution is -2.44. The molecule has 1 N–H and O–H groups in total. The minimum Gasteiger partial charge on any atom is -0.315 e. The molecule has 1 aromatic heterocycles. The highest BCUT2D eigenvalue weighted by atomic mass is 15.3. The molecule has 4 heteroatoms. The molecule has 0 spiro atoms. The van der Waals surface area contributed by atoms with Gasteiger partial charge in [0.05, 0.1) is 5.69 Å². The fraction of sp³-hybridized carbons (Fsp3) is 0.786. The largest absolute Gasteiger partial charge is 0.315 e. The number of likely N-dealkylation sites (tertiary alicyclic amines) is 1. The Hall–Kier alpha value is -0.870. The van der Waals surface area contributed by atoms with Crippen LogP contribution in [0.1, 0.15) is 31.9 Å². The summed E-state index contributed by atoms with van der Waals surface area (Å²) in [5.74, 6) is 0.876. The Morgan fingerprint density at radius 2 is 2.39 bits per heavy atom. The first-order chi connectivity index (χ1) is 8.88. The summed E-state index contributed by atoms with van der Waals surface area (Å²) < 4.78 is 2.17. The van der Waals surface area contributed by atoms with Gasteiger partial charge in [-0.3, -0.25) is 9.58 Å². The molecule has 0 radical (unpaired) electrons. The van der Waals surface area contributed by atoms with Crippen LogP contribution in [0.2, 0.25) is 0 Å². The number of fused-ring (bicyclic) bond motifs is 1. The van der Waals surface area contributed by atoms with Gasteiger partial charge in [-0.2, -0.15) is 5.10 Å². The second-order valence-corrected chi connectivity index (χ2v) is 5.64. The molecular formula is C14H24N4. The SMILES string of the molecule is CCCn1nccc1CN1CCCC2CNCC21. The van der Waals surface area contributed by atoms with Gasteiger partial charge in [0.2, 0.25) is 0 Å². The summed E-state index contributed by atoms with van der Waals surface area (Å²) in [6, 6.07) is 2.94. The number of aromatic nitrogens is 2. The smallest absolute Gasteiger partial charge is 0.0524 e. The number of rotatable bonds is 4. The molecular weight excluding hydrogens is 224 g/mol. The second kappa shape index (κ2) is 5.41. The van der Waals surface area contributed by atoms with Gasteiger partial charge in [-0.05, 0) is 44.3 Å². The summed E-state index contributed by atoms with van der Waals surface area (Å²) in [4.78, 5) is 2.66. The molecule has 2 saturated heterocycles. The third kappa shape index (κ3) is 2.31. The zero-order valence-corrected chi connectivity index (χ0v) is 11.3. The molecule has 0 aromatic carbocycles. The summed E-state index contributed by atoms with van der Waals surface area (Å²) in [7, 11) is 0. The molecule has 2 atom stereocenters. The minimum absolute atomic E-state index is 0.753. The Morgan fingerprint density at radius 3 is 3.28 bits per heavy atom. The number of aryl methyl sites for hydroxylation is 1. The summed E-state index contributed by atoms with van der Waals surface area (Å²) in [6.45, 7) is 7.97. The van der Waals surface area contributed by atoms with Crippen LogP contribution in [0.25, 0.3) is 0 Å². The third-order valence-corrected chi connectivity index (χ3v) is 4.40. The van der Waals surface area contributed by atoms with Gasteiger partial charge in [0.1, 0.15) is 0 Å². The molecule has 100 valence electrons. The van der Waals surface area contributed by atoms with Crippen molar-refractivity contribution in [3.05, 3.63) is 18.0 Å². The normalized spacial score (nSPS) is 28.5. The molecule has 2 fully saturated rings. The van der Waals surface area contributed by atoms with Crippen molar-refractivity contribution in [2.45, 2.75) is 45.3 Å². The Balaban J connectivity index is 1.69. The zero-order valence-electron chi connectivity index (χ0n) is 11.3. The number of hydrogen-bond acceptors (Lipinski definition) is 3. The Bertz CT molecular complexity index is 387. The number of nitrogens with one attached hydrogen (secondary N) is 1. The average molecular weight is 248 g/mol. The molecule has 2 unspecified atom stereocenters. The van der Waals surface area contributed by atoms with E-state index < -0.39 is 0 Å². The van der Waals surface area contributed by atoms with Gasteiger partial charge >= 0.3 is 0 Å². The van der Waals surface area contributed by atoms with Crippen molar-refractivity contribution in [1.82, 2.24) is 20.0 Å². The number of piperidine rings is 1. The molecule has 0 bridgehead atoms. The quantitative estimate of drug-likeness (QED) is 0.876. The maximum absolute atomic E-state index is 4.43. The second-order valence-electron chi connectivity index (χ2n) is 5.64. The van der Waals surface area contributed by atoms with Crippen LogP contribution in [0.15, 0.2) is 12.3 Å². The molecule has 2 aliphatic rings. The summed E-state index contributed by atoms with van der Waals surface area (Å²) >= 11 is 0. The molecule has 0 aliphatic carbocycles. The highest BCUT2D eigenvalue weighted by molar-refractivity contribution is 5.03. The van der Waals surface area contributed by atoms with Crippen molar-refractivity contribution in [2.75, 3.05) is 19.6 Å². The highest BCUT2D eigenvalue weighted by Gasteiger charge is 2.34. The molecule has 1 aromatic rings. The Morgan fingerprint density at radius 1 is 1.44 bits per heavy atom. The van der Waals surface area contributed by atoms with Crippen LogP contribution in [0.3, 0.4) is 0 Å². The molecule has 4 nitrogen and oxygen atoms in total. The van der Waals surface area contributed by atoms with E-state index in [2.05, 4.69) is 33.0 Å². The molecule has 2 aliphatic heterocycles. The van der Waals surface area contributed by atoms with Crippen LogP contribution in [0.5, 0.6) is 0 Å². The first-order valence-corrected chi connectivity index (χ1v) is 7.34. The average Bonchev–Trinajstić information content (AvgIpc) is 3.00. The third-order valence-electron chi connectivity index (χ3n) is 4.40. The summed E-state index contributed by atoms with van der Waals surface area (Å²) in [5.41, 5.74) is 1.38. The van der Waals surface area contributed by atoms with Gasteiger partial charge < -0.3 is 5.32 Å². The van der Waals surface area contributed by atoms with Crippen molar-refractivity contribution in [3.8, 4) is 0 Å². The molecule has 0 amide bonds. The predicted molar refractivity (Wildman–Crippen MR) is 72.3 cm³/mol. The van der Waals surface area contributed by atoms with Crippen LogP contribution in [0, 0.1) is 5.92 Å². The topological polar surface area (TPSA) is 33.1 Å². The van der Waals surface area contributed by atoms with E-state index in [1.807, 2.05) is 6.20 Å². The van der Waals surface area contributed by atoms with Crippen LogP contribution >= 0.6 is 0 Å². The van der Waals surface area contributed by atoms with Crippen LogP contribution in [-0.4, -0.2) is 40.4 Å². The van der Waals surface area contributed by atoms with E-state index in [-0.39, 0.29) is 0 Å². The first-order valence-electron chi connectivity index (χ1n) is 7.34. The van der Waals surface area contributed by atoms with E-state index in [0.29, 0.717) is 0 Å². The van der Waals surface area contributed by atoms with Crippen LogP contribution < -0.4 is 5.32 Å². The summed E-state index contributed by atoms with van der Waals surface area (Å²) in [6.07, 6.45) is 5.86. The fourth-order valence-corrected chi connectivity index (χ4v) is 3.48. The number of nitrogens with zero attached hydrogens (tertiary/aromatic N) is 3. The van der Waals surface area contributed by atoms with Crippen molar-refractivity contribution in [1.29, 1.82) is 0 Å². The Kier molecular flexibility index (Phi) is 3.66. The van der Waals surface area contributed by atoms with E-state index in [9.17, 15) is 0 Å². The van der Waals surface area contributed by atoms with E-state index in [1.54, 1.807) is 0 Å². The van der Waals surface area contributed by atoms with Crippen LogP contribution in [0.4, 0.5) is 0 Å². The van der Waals surface area contributed by atoms with Gasteiger partial charge in [-0.15, -0.1) is 0 Å². The van der Waals surface area contributed by atoms with E-state index in [1.165, 1.54) is 38.2 Å². The minimum atomic E-state index is 0.753. The van der Waals surface area contributed by atoms with Gasteiger partial charge in [-0.25, -0.2) is 0 Å². The predicted octanol–water partition coefficient (Wildman–Crippen LogP) is 1.48. The zero-order chi connectivity index (χ0) is 12.4. The Labute approximate surface area is 109 Å². The van der Waals surface area contributed by atoms with E-state index in [0.717, 1.165) is 31.5 Å². The van der Waals surface area contributed by atoms with Crippen molar-refractivity contribution < 1.29 is 0 Å². The molecule has 3 rings (SSSR count). The lowest BCUT2D eigenvalue weighted by Gasteiger charge is -2.37. The lowest BCUT2D eigenvalue weighted by molar-refractivity contribution is 0.114. The van der Waals surface area contributed by atoms with Gasteiger partial charge in [-0.1, -0.05) is 6.92 Å². The monoisotopic (exact) mass is 248 g/mol. The van der Waals surface area contributed by atoms with Crippen molar-refractivity contribution in [2.24, 2.45) is 5.92 Å². The van der Waals surface area contributed by atoms with Gasteiger partial charge in [0, 0.05) is 31.9 Å². The van der Waals surface area contributed by atoms with Gasteiger partial charge in [0.25, 0.3) is 0 Å². The molecule has 0 saturated carbocycles. The van der Waals surface area contributed by atoms with Crippen molar-refractivity contribution >= 4 is 0 Å². The highest BCUT2D eigenvalue weighted by Crippen LogP contribution is 2.27. The lowest BCUT2D eigenvalue weighted by atomic mass is 9.92. The maximum atomic E-state index is 4.43. The first kappa shape index (κ1) is 12.2. The number of hydrogen-bond donors (Lipinski definition) is 1. The van der Waals surface area contributed by atoms with E-state index >= 15 is 0 Å². The van der Waals surface area contributed by atoms with Crippen LogP contribution in [-0.2, 0) is 13.1 Å².